The Morgan fingerprint density at radius 2 is 2.14 bits per heavy atom. The quantitative estimate of drug-likeness (QED) is 0.850. The van der Waals surface area contributed by atoms with Crippen molar-refractivity contribution in [2.24, 2.45) is 0 Å². The summed E-state index contributed by atoms with van der Waals surface area (Å²) in [5.74, 6) is -0.100. The molecule has 2 rings (SSSR count). The summed E-state index contributed by atoms with van der Waals surface area (Å²) in [6.07, 6.45) is 2.67. The third-order valence-electron chi connectivity index (χ3n) is 3.91. The van der Waals surface area contributed by atoms with Gasteiger partial charge in [0.1, 0.15) is 11.7 Å². The van der Waals surface area contributed by atoms with Crippen LogP contribution in [-0.2, 0) is 4.79 Å². The molecule has 0 saturated carbocycles. The van der Waals surface area contributed by atoms with Gasteiger partial charge in [-0.3, -0.25) is 9.59 Å². The molecule has 1 fully saturated rings. The standard InChI is InChI=1S/C16H23N3O2/c1-4-5-9-14-16(21)18(3)10-11-19(14)15(20)13-8-6-7-12(2)17-13/h6-8,14H,4-5,9-11H2,1-3H3/t14-/m1/s1. The van der Waals surface area contributed by atoms with Crippen LogP contribution in [0.1, 0.15) is 42.4 Å². The summed E-state index contributed by atoms with van der Waals surface area (Å²) >= 11 is 0. The SMILES string of the molecule is CCCC[C@@H]1C(=O)N(C)CCN1C(=O)c1cccc(C)n1. The first-order valence-corrected chi connectivity index (χ1v) is 7.54. The maximum Gasteiger partial charge on any atom is 0.273 e. The molecule has 1 aromatic heterocycles. The van der Waals surface area contributed by atoms with Crippen LogP contribution in [0.5, 0.6) is 0 Å². The molecule has 0 radical (unpaired) electrons. The van der Waals surface area contributed by atoms with Crippen LogP contribution in [0.3, 0.4) is 0 Å². The number of nitrogens with zero attached hydrogens (tertiary/aromatic N) is 3. The molecule has 2 heterocycles. The Morgan fingerprint density at radius 3 is 2.81 bits per heavy atom. The molecule has 5 nitrogen and oxygen atoms in total. The fourth-order valence-corrected chi connectivity index (χ4v) is 2.64. The largest absolute Gasteiger partial charge is 0.342 e. The Labute approximate surface area is 126 Å². The first-order valence-electron chi connectivity index (χ1n) is 7.54. The second-order valence-electron chi connectivity index (χ2n) is 5.58. The molecule has 1 saturated heterocycles. The molecule has 0 bridgehead atoms. The maximum absolute atomic E-state index is 12.7. The van der Waals surface area contributed by atoms with Gasteiger partial charge in [0.25, 0.3) is 5.91 Å². The van der Waals surface area contributed by atoms with Gasteiger partial charge < -0.3 is 9.80 Å². The van der Waals surface area contributed by atoms with Gasteiger partial charge >= 0.3 is 0 Å². The number of pyridine rings is 1. The Morgan fingerprint density at radius 1 is 1.38 bits per heavy atom. The monoisotopic (exact) mass is 289 g/mol. The molecule has 1 aliphatic rings. The minimum absolute atomic E-state index is 0.0377. The van der Waals surface area contributed by atoms with Gasteiger partial charge in [0.15, 0.2) is 0 Å². The van der Waals surface area contributed by atoms with Crippen molar-refractivity contribution in [3.63, 3.8) is 0 Å². The predicted octanol–water partition coefficient (Wildman–Crippen LogP) is 1.86. The molecule has 1 atom stereocenters. The van der Waals surface area contributed by atoms with Crippen LogP contribution in [-0.4, -0.2) is 52.8 Å². The van der Waals surface area contributed by atoms with Crippen LogP contribution in [0, 0.1) is 6.92 Å². The smallest absolute Gasteiger partial charge is 0.273 e. The number of likely N-dealkylation sites (N-methyl/N-ethyl adjacent to an activating group) is 1. The van der Waals surface area contributed by atoms with E-state index < -0.39 is 0 Å². The maximum atomic E-state index is 12.7. The average molecular weight is 289 g/mol. The summed E-state index contributed by atoms with van der Waals surface area (Å²) in [6.45, 7) is 5.11. The zero-order valence-electron chi connectivity index (χ0n) is 13.0. The van der Waals surface area contributed by atoms with Crippen molar-refractivity contribution in [2.75, 3.05) is 20.1 Å². The lowest BCUT2D eigenvalue weighted by Gasteiger charge is -2.39. The van der Waals surface area contributed by atoms with E-state index in [1.54, 1.807) is 22.9 Å². The van der Waals surface area contributed by atoms with E-state index >= 15 is 0 Å². The van der Waals surface area contributed by atoms with E-state index in [-0.39, 0.29) is 17.9 Å². The third kappa shape index (κ3) is 3.40. The van der Waals surface area contributed by atoms with Gasteiger partial charge in [-0.15, -0.1) is 0 Å². The number of amides is 2. The van der Waals surface area contributed by atoms with Crippen LogP contribution < -0.4 is 0 Å². The first-order chi connectivity index (χ1) is 10.0. The van der Waals surface area contributed by atoms with Crippen molar-refractivity contribution in [1.29, 1.82) is 0 Å². The van der Waals surface area contributed by atoms with Crippen molar-refractivity contribution in [3.8, 4) is 0 Å². The van der Waals surface area contributed by atoms with Crippen LogP contribution >= 0.6 is 0 Å². The molecule has 21 heavy (non-hydrogen) atoms. The minimum atomic E-state index is -0.349. The molecular formula is C16H23N3O2. The molecule has 114 valence electrons. The van der Waals surface area contributed by atoms with Gasteiger partial charge in [-0.25, -0.2) is 4.98 Å². The lowest BCUT2D eigenvalue weighted by Crippen LogP contribution is -2.57. The summed E-state index contributed by atoms with van der Waals surface area (Å²) in [6, 6.07) is 5.06. The number of piperazine rings is 1. The lowest BCUT2D eigenvalue weighted by atomic mass is 10.0. The van der Waals surface area contributed by atoms with Crippen molar-refractivity contribution in [3.05, 3.63) is 29.6 Å². The molecule has 0 N–H and O–H groups in total. The van der Waals surface area contributed by atoms with Crippen molar-refractivity contribution >= 4 is 11.8 Å². The van der Waals surface area contributed by atoms with Crippen LogP contribution in [0.2, 0.25) is 0 Å². The highest BCUT2D eigenvalue weighted by molar-refractivity contribution is 5.96. The molecular weight excluding hydrogens is 266 g/mol. The molecule has 2 amide bonds. The Balaban J connectivity index is 2.22. The van der Waals surface area contributed by atoms with Crippen molar-refractivity contribution < 1.29 is 9.59 Å². The van der Waals surface area contributed by atoms with Crippen LogP contribution in [0.15, 0.2) is 18.2 Å². The number of hydrogen-bond donors (Lipinski definition) is 0. The fourth-order valence-electron chi connectivity index (χ4n) is 2.64. The third-order valence-corrected chi connectivity index (χ3v) is 3.91. The highest BCUT2D eigenvalue weighted by Gasteiger charge is 2.36. The summed E-state index contributed by atoms with van der Waals surface area (Å²) in [5.41, 5.74) is 1.24. The van der Waals surface area contributed by atoms with E-state index in [2.05, 4.69) is 11.9 Å². The topological polar surface area (TPSA) is 53.5 Å². The summed E-state index contributed by atoms with van der Waals surface area (Å²) in [5, 5.41) is 0. The number of carbonyl (C=O) groups is 2. The van der Waals surface area contributed by atoms with E-state index in [1.165, 1.54) is 0 Å². The predicted molar refractivity (Wildman–Crippen MR) is 81.0 cm³/mol. The van der Waals surface area contributed by atoms with Gasteiger partial charge in [-0.1, -0.05) is 25.8 Å². The number of aromatic nitrogens is 1. The minimum Gasteiger partial charge on any atom is -0.342 e. The van der Waals surface area contributed by atoms with E-state index in [0.717, 1.165) is 25.0 Å². The van der Waals surface area contributed by atoms with Crippen LogP contribution in [0.25, 0.3) is 0 Å². The number of unbranched alkanes of at least 4 members (excludes halogenated alkanes) is 1. The van der Waals surface area contributed by atoms with Crippen molar-refractivity contribution in [1.82, 2.24) is 14.8 Å². The summed E-state index contributed by atoms with van der Waals surface area (Å²) in [4.78, 5) is 32.7. The Hall–Kier alpha value is -1.91. The van der Waals surface area contributed by atoms with Crippen LogP contribution in [0.4, 0.5) is 0 Å². The van der Waals surface area contributed by atoms with Gasteiger partial charge in [0.2, 0.25) is 5.91 Å². The number of hydrogen-bond acceptors (Lipinski definition) is 3. The molecule has 1 aromatic rings. The normalized spacial score (nSPS) is 19.0. The number of aryl methyl sites for hydroxylation is 1. The molecule has 0 aromatic carbocycles. The van der Waals surface area contributed by atoms with E-state index in [0.29, 0.717) is 18.8 Å². The zero-order valence-corrected chi connectivity index (χ0v) is 13.0. The second-order valence-corrected chi connectivity index (χ2v) is 5.58. The lowest BCUT2D eigenvalue weighted by molar-refractivity contribution is -0.138. The Bertz CT molecular complexity index is 530. The van der Waals surface area contributed by atoms with E-state index in [4.69, 9.17) is 0 Å². The van der Waals surface area contributed by atoms with Gasteiger partial charge in [-0.2, -0.15) is 0 Å². The zero-order chi connectivity index (χ0) is 15.4. The first kappa shape index (κ1) is 15.5. The second kappa shape index (κ2) is 6.70. The molecule has 0 unspecified atom stereocenters. The van der Waals surface area contributed by atoms with Crippen molar-refractivity contribution in [2.45, 2.75) is 39.2 Å². The number of rotatable bonds is 4. The Kier molecular flexibility index (Phi) is 4.94. The van der Waals surface area contributed by atoms with Gasteiger partial charge in [0, 0.05) is 25.8 Å². The molecule has 0 aliphatic carbocycles. The highest BCUT2D eigenvalue weighted by atomic mass is 16.2. The summed E-state index contributed by atoms with van der Waals surface area (Å²) < 4.78 is 0. The van der Waals surface area contributed by atoms with E-state index in [9.17, 15) is 9.59 Å². The fraction of sp³-hybridized carbons (Fsp3) is 0.562. The summed E-state index contributed by atoms with van der Waals surface area (Å²) in [7, 11) is 1.80. The number of carbonyl (C=O) groups excluding carboxylic acids is 2. The average Bonchev–Trinajstić information content (AvgIpc) is 2.48. The van der Waals surface area contributed by atoms with E-state index in [1.807, 2.05) is 19.1 Å². The molecule has 5 heteroatoms. The molecule has 0 spiro atoms. The van der Waals surface area contributed by atoms with Gasteiger partial charge in [0.05, 0.1) is 0 Å². The molecule has 1 aliphatic heterocycles. The van der Waals surface area contributed by atoms with Gasteiger partial charge in [-0.05, 0) is 25.5 Å². The highest BCUT2D eigenvalue weighted by Crippen LogP contribution is 2.18.